The molecule has 0 saturated carbocycles. The number of carbonyl (C=O) groups excluding carboxylic acids is 2. The van der Waals surface area contributed by atoms with Gasteiger partial charge in [-0.2, -0.15) is 0 Å². The van der Waals surface area contributed by atoms with Crippen LogP contribution in [0.1, 0.15) is 40.5 Å². The number of ether oxygens (including phenoxy) is 1. The number of hydrogen-bond acceptors (Lipinski definition) is 3. The summed E-state index contributed by atoms with van der Waals surface area (Å²) in [4.78, 5) is 25.5. The van der Waals surface area contributed by atoms with Gasteiger partial charge >= 0.3 is 5.97 Å². The highest BCUT2D eigenvalue weighted by molar-refractivity contribution is 14.1. The van der Waals surface area contributed by atoms with Crippen LogP contribution in [0.15, 0.2) is 18.2 Å². The van der Waals surface area contributed by atoms with Gasteiger partial charge in [-0.05, 0) is 48.1 Å². The van der Waals surface area contributed by atoms with Crippen molar-refractivity contribution in [3.63, 3.8) is 0 Å². The molecular weight excluding hydrogens is 407 g/mol. The average Bonchev–Trinajstić information content (AvgIpc) is 2.46. The van der Waals surface area contributed by atoms with Gasteiger partial charge in [0.2, 0.25) is 0 Å². The van der Waals surface area contributed by atoms with Crippen molar-refractivity contribution in [2.45, 2.75) is 25.7 Å². The molecule has 1 aromatic carbocycles. The van der Waals surface area contributed by atoms with E-state index in [1.807, 2.05) is 22.6 Å². The third-order valence-electron chi connectivity index (χ3n) is 3.40. The molecule has 1 aliphatic rings. The fraction of sp³-hybridized carbons (Fsp3) is 0.467. The van der Waals surface area contributed by atoms with E-state index in [-0.39, 0.29) is 30.6 Å². The number of amides is 1. The van der Waals surface area contributed by atoms with E-state index in [0.717, 1.165) is 4.90 Å². The van der Waals surface area contributed by atoms with E-state index in [2.05, 4.69) is 0 Å². The highest BCUT2D eigenvalue weighted by Crippen LogP contribution is 2.28. The van der Waals surface area contributed by atoms with Gasteiger partial charge < -0.3 is 9.64 Å². The van der Waals surface area contributed by atoms with Crippen LogP contribution in [0.5, 0.6) is 0 Å². The number of benzene rings is 1. The number of nitrogens with zero attached hydrogens (tertiary/aromatic N) is 1. The molecule has 120 valence electrons. The number of alkyl halides is 2. The molecule has 1 fully saturated rings. The van der Waals surface area contributed by atoms with E-state index in [1.165, 1.54) is 0 Å². The Hall–Kier alpha value is -1.25. The van der Waals surface area contributed by atoms with Crippen LogP contribution in [-0.4, -0.2) is 42.4 Å². The molecule has 0 aliphatic carbocycles. The fourth-order valence-electron chi connectivity index (χ4n) is 2.37. The van der Waals surface area contributed by atoms with Crippen LogP contribution in [0.3, 0.4) is 0 Å². The zero-order chi connectivity index (χ0) is 16.3. The lowest BCUT2D eigenvalue weighted by molar-refractivity contribution is -0.0560. The lowest BCUT2D eigenvalue weighted by atomic mass is 10.0. The van der Waals surface area contributed by atoms with Gasteiger partial charge in [0.05, 0.1) is 24.3 Å². The first-order valence-electron chi connectivity index (χ1n) is 6.98. The van der Waals surface area contributed by atoms with Crippen LogP contribution in [-0.2, 0) is 4.74 Å². The highest BCUT2D eigenvalue weighted by Gasteiger charge is 2.37. The maximum atomic E-state index is 13.5. The van der Waals surface area contributed by atoms with Crippen molar-refractivity contribution >= 4 is 34.5 Å². The summed E-state index contributed by atoms with van der Waals surface area (Å²) in [5, 5.41) is 0. The van der Waals surface area contributed by atoms with Crippen molar-refractivity contribution in [3.8, 4) is 0 Å². The summed E-state index contributed by atoms with van der Waals surface area (Å²) >= 11 is 1.88. The average molecular weight is 423 g/mol. The van der Waals surface area contributed by atoms with Crippen LogP contribution in [0.2, 0.25) is 0 Å². The zero-order valence-corrected chi connectivity index (χ0v) is 14.2. The Balaban J connectivity index is 2.27. The Morgan fingerprint density at radius 1 is 1.36 bits per heavy atom. The fourth-order valence-corrected chi connectivity index (χ4v) is 3.18. The van der Waals surface area contributed by atoms with Crippen molar-refractivity contribution in [3.05, 3.63) is 32.9 Å². The van der Waals surface area contributed by atoms with Crippen LogP contribution in [0.4, 0.5) is 8.78 Å². The van der Waals surface area contributed by atoms with Crippen LogP contribution < -0.4 is 0 Å². The molecule has 2 rings (SSSR count). The molecule has 0 atom stereocenters. The third-order valence-corrected chi connectivity index (χ3v) is 4.57. The van der Waals surface area contributed by atoms with E-state index >= 15 is 0 Å². The summed E-state index contributed by atoms with van der Waals surface area (Å²) in [7, 11) is 0. The van der Waals surface area contributed by atoms with Gasteiger partial charge in [0.15, 0.2) is 0 Å². The molecule has 0 spiro atoms. The molecule has 4 nitrogen and oxygen atoms in total. The minimum atomic E-state index is -2.85. The minimum Gasteiger partial charge on any atom is -0.462 e. The number of piperidine rings is 1. The molecule has 0 aromatic heterocycles. The lowest BCUT2D eigenvalue weighted by Gasteiger charge is -2.32. The van der Waals surface area contributed by atoms with Crippen molar-refractivity contribution < 1.29 is 23.1 Å². The standard InChI is InChI=1S/C15H16F2INO3/c1-2-22-14(21)11-6-3-5-10(12(11)18)13(20)19-8-4-7-15(16,17)9-19/h3,5-6H,2,4,7-9H2,1H3. The summed E-state index contributed by atoms with van der Waals surface area (Å²) in [5.74, 6) is -3.85. The Morgan fingerprint density at radius 2 is 2.05 bits per heavy atom. The lowest BCUT2D eigenvalue weighted by Crippen LogP contribution is -2.45. The van der Waals surface area contributed by atoms with Crippen molar-refractivity contribution in [1.29, 1.82) is 0 Å². The van der Waals surface area contributed by atoms with E-state index in [0.29, 0.717) is 10.1 Å². The Morgan fingerprint density at radius 3 is 2.68 bits per heavy atom. The first-order valence-corrected chi connectivity index (χ1v) is 8.06. The minimum absolute atomic E-state index is 0.198. The monoisotopic (exact) mass is 423 g/mol. The maximum Gasteiger partial charge on any atom is 0.339 e. The molecule has 0 unspecified atom stereocenters. The Bertz CT molecular complexity index is 592. The molecule has 0 N–H and O–H groups in total. The molecular formula is C15H16F2INO3. The molecule has 22 heavy (non-hydrogen) atoms. The van der Waals surface area contributed by atoms with Crippen molar-refractivity contribution in [2.24, 2.45) is 0 Å². The molecule has 1 amide bonds. The number of esters is 1. The number of hydrogen-bond donors (Lipinski definition) is 0. The Kier molecular flexibility index (Phi) is 5.36. The number of halogens is 3. The molecule has 0 bridgehead atoms. The molecule has 1 saturated heterocycles. The topological polar surface area (TPSA) is 46.6 Å². The largest absolute Gasteiger partial charge is 0.462 e. The summed E-state index contributed by atoms with van der Waals surface area (Å²) in [6, 6.07) is 4.66. The van der Waals surface area contributed by atoms with Gasteiger partial charge in [-0.1, -0.05) is 6.07 Å². The highest BCUT2D eigenvalue weighted by atomic mass is 127. The van der Waals surface area contributed by atoms with Gasteiger partial charge in [-0.25, -0.2) is 13.6 Å². The van der Waals surface area contributed by atoms with Crippen LogP contribution in [0.25, 0.3) is 0 Å². The van der Waals surface area contributed by atoms with Gasteiger partial charge in [-0.15, -0.1) is 0 Å². The smallest absolute Gasteiger partial charge is 0.339 e. The van der Waals surface area contributed by atoms with E-state index in [4.69, 9.17) is 4.74 Å². The second kappa shape index (κ2) is 6.89. The second-order valence-corrected chi connectivity index (χ2v) is 6.15. The first kappa shape index (κ1) is 17.1. The number of likely N-dealkylation sites (tertiary alicyclic amines) is 1. The van der Waals surface area contributed by atoms with Crippen LogP contribution in [0, 0.1) is 3.57 Å². The summed E-state index contributed by atoms with van der Waals surface area (Å²) in [6.07, 6.45) is 0.0730. The van der Waals surface area contributed by atoms with Gasteiger partial charge in [0.1, 0.15) is 0 Å². The van der Waals surface area contributed by atoms with Gasteiger partial charge in [0, 0.05) is 16.5 Å². The molecule has 0 radical (unpaired) electrons. The molecule has 1 aromatic rings. The molecule has 1 aliphatic heterocycles. The SMILES string of the molecule is CCOC(=O)c1cccc(C(=O)N2CCCC(F)(F)C2)c1I. The van der Waals surface area contributed by atoms with E-state index in [1.54, 1.807) is 25.1 Å². The number of carbonyl (C=O) groups is 2. The second-order valence-electron chi connectivity index (χ2n) is 5.07. The van der Waals surface area contributed by atoms with Crippen LogP contribution >= 0.6 is 22.6 Å². The van der Waals surface area contributed by atoms with Gasteiger partial charge in [0.25, 0.3) is 11.8 Å². The molecule has 1 heterocycles. The normalized spacial score (nSPS) is 17.2. The van der Waals surface area contributed by atoms with Gasteiger partial charge in [-0.3, -0.25) is 4.79 Å². The maximum absolute atomic E-state index is 13.5. The quantitative estimate of drug-likeness (QED) is 0.554. The number of rotatable bonds is 3. The Labute approximate surface area is 140 Å². The van der Waals surface area contributed by atoms with E-state index < -0.39 is 24.3 Å². The molecule has 7 heteroatoms. The summed E-state index contributed by atoms with van der Waals surface area (Å²) < 4.78 is 32.3. The summed E-state index contributed by atoms with van der Waals surface area (Å²) in [5.41, 5.74) is 0.529. The zero-order valence-electron chi connectivity index (χ0n) is 12.1. The predicted octanol–water partition coefficient (Wildman–Crippen LogP) is 3.34. The van der Waals surface area contributed by atoms with Crippen molar-refractivity contribution in [2.75, 3.05) is 19.7 Å². The van der Waals surface area contributed by atoms with Crippen molar-refractivity contribution in [1.82, 2.24) is 4.90 Å². The first-order chi connectivity index (χ1) is 10.4. The van der Waals surface area contributed by atoms with E-state index in [9.17, 15) is 18.4 Å². The predicted molar refractivity (Wildman–Crippen MR) is 85.2 cm³/mol. The third kappa shape index (κ3) is 3.74. The summed E-state index contributed by atoms with van der Waals surface area (Å²) in [6.45, 7) is 1.64.